The fourth-order valence-corrected chi connectivity index (χ4v) is 1.95. The Morgan fingerprint density at radius 2 is 1.94 bits per heavy atom. The molecule has 7 heteroatoms. The standard InChI is InChI=1S/C10H8F2N4S/c11-7-2-1-6(3-8(7)12)17-10-4-9(16-13)14-5-15-10/h1-5H,13H2,(H,14,15,16). The predicted molar refractivity (Wildman–Crippen MR) is 60.3 cm³/mol. The largest absolute Gasteiger partial charge is 0.308 e. The first-order chi connectivity index (χ1) is 8.19. The van der Waals surface area contributed by atoms with E-state index in [0.717, 1.165) is 12.1 Å². The van der Waals surface area contributed by atoms with E-state index >= 15 is 0 Å². The van der Waals surface area contributed by atoms with E-state index in [0.29, 0.717) is 15.7 Å². The lowest BCUT2D eigenvalue weighted by Crippen LogP contribution is -2.08. The minimum absolute atomic E-state index is 0.449. The molecule has 0 radical (unpaired) electrons. The molecule has 0 bridgehead atoms. The lowest BCUT2D eigenvalue weighted by molar-refractivity contribution is 0.506. The van der Waals surface area contributed by atoms with Crippen LogP contribution in [-0.2, 0) is 0 Å². The van der Waals surface area contributed by atoms with Crippen LogP contribution in [0.15, 0.2) is 40.5 Å². The predicted octanol–water partition coefficient (Wildman–Crippen LogP) is 2.19. The van der Waals surface area contributed by atoms with Crippen molar-refractivity contribution in [3.8, 4) is 0 Å². The molecule has 1 aromatic heterocycles. The second kappa shape index (κ2) is 5.07. The van der Waals surface area contributed by atoms with Gasteiger partial charge in [-0.3, -0.25) is 0 Å². The third-order valence-electron chi connectivity index (χ3n) is 1.90. The first kappa shape index (κ1) is 11.7. The van der Waals surface area contributed by atoms with Gasteiger partial charge in [0, 0.05) is 11.0 Å². The molecule has 0 aliphatic heterocycles. The number of nitrogens with one attached hydrogen (secondary N) is 1. The van der Waals surface area contributed by atoms with Gasteiger partial charge in [0.1, 0.15) is 17.2 Å². The molecule has 4 nitrogen and oxygen atoms in total. The van der Waals surface area contributed by atoms with E-state index in [9.17, 15) is 8.78 Å². The van der Waals surface area contributed by atoms with Crippen LogP contribution in [0.3, 0.4) is 0 Å². The van der Waals surface area contributed by atoms with Gasteiger partial charge in [0.15, 0.2) is 11.6 Å². The number of benzene rings is 1. The molecule has 0 saturated heterocycles. The summed E-state index contributed by atoms with van der Waals surface area (Å²) in [6.07, 6.45) is 1.33. The van der Waals surface area contributed by atoms with E-state index in [1.807, 2.05) is 0 Å². The number of aromatic nitrogens is 2. The molecule has 2 rings (SSSR count). The zero-order chi connectivity index (χ0) is 12.3. The molecule has 0 unspecified atom stereocenters. The van der Waals surface area contributed by atoms with Gasteiger partial charge in [0.2, 0.25) is 0 Å². The number of hydrogen-bond donors (Lipinski definition) is 2. The van der Waals surface area contributed by atoms with Crippen LogP contribution >= 0.6 is 11.8 Å². The van der Waals surface area contributed by atoms with Gasteiger partial charge in [0.05, 0.1) is 0 Å². The smallest absolute Gasteiger partial charge is 0.159 e. The van der Waals surface area contributed by atoms with Gasteiger partial charge in [-0.15, -0.1) is 0 Å². The number of halogens is 2. The summed E-state index contributed by atoms with van der Waals surface area (Å²) in [5, 5.41) is 0.582. The van der Waals surface area contributed by atoms with E-state index in [2.05, 4.69) is 15.4 Å². The third kappa shape index (κ3) is 2.89. The monoisotopic (exact) mass is 254 g/mol. The number of hydrazine groups is 1. The van der Waals surface area contributed by atoms with Crippen LogP contribution in [0.5, 0.6) is 0 Å². The summed E-state index contributed by atoms with van der Waals surface area (Å²) in [6, 6.07) is 5.26. The highest BCUT2D eigenvalue weighted by atomic mass is 32.2. The van der Waals surface area contributed by atoms with Crippen molar-refractivity contribution in [1.82, 2.24) is 9.97 Å². The average Bonchev–Trinajstić information content (AvgIpc) is 2.34. The van der Waals surface area contributed by atoms with Crippen molar-refractivity contribution in [3.63, 3.8) is 0 Å². The lowest BCUT2D eigenvalue weighted by atomic mass is 10.3. The SMILES string of the molecule is NNc1cc(Sc2ccc(F)c(F)c2)ncn1. The van der Waals surface area contributed by atoms with E-state index in [1.165, 1.54) is 24.2 Å². The number of anilines is 1. The number of hydrogen-bond acceptors (Lipinski definition) is 5. The van der Waals surface area contributed by atoms with E-state index < -0.39 is 11.6 Å². The molecule has 88 valence electrons. The molecule has 0 saturated carbocycles. The molecule has 17 heavy (non-hydrogen) atoms. The fourth-order valence-electron chi connectivity index (χ4n) is 1.14. The minimum Gasteiger partial charge on any atom is -0.308 e. The van der Waals surface area contributed by atoms with Gasteiger partial charge in [-0.05, 0) is 18.2 Å². The summed E-state index contributed by atoms with van der Waals surface area (Å²) in [7, 11) is 0. The van der Waals surface area contributed by atoms with Crippen LogP contribution in [0.1, 0.15) is 0 Å². The summed E-state index contributed by atoms with van der Waals surface area (Å²) in [5.41, 5.74) is 2.38. The van der Waals surface area contributed by atoms with Gasteiger partial charge >= 0.3 is 0 Å². The minimum atomic E-state index is -0.888. The molecule has 0 aliphatic carbocycles. The second-order valence-electron chi connectivity index (χ2n) is 3.06. The van der Waals surface area contributed by atoms with E-state index in [4.69, 9.17) is 5.84 Å². The Bertz CT molecular complexity index is 535. The number of nitrogens with zero attached hydrogens (tertiary/aromatic N) is 2. The molecule has 0 atom stereocenters. The molecule has 0 spiro atoms. The first-order valence-electron chi connectivity index (χ1n) is 4.60. The van der Waals surface area contributed by atoms with Crippen LogP contribution in [0, 0.1) is 11.6 Å². The van der Waals surface area contributed by atoms with Gasteiger partial charge in [0.25, 0.3) is 0 Å². The van der Waals surface area contributed by atoms with Crippen molar-refractivity contribution in [3.05, 3.63) is 42.2 Å². The Labute approximate surface area is 100 Å². The van der Waals surface area contributed by atoms with Crippen molar-refractivity contribution in [2.45, 2.75) is 9.92 Å². The number of rotatable bonds is 3. The molecule has 0 fully saturated rings. The topological polar surface area (TPSA) is 63.8 Å². The van der Waals surface area contributed by atoms with Crippen molar-refractivity contribution >= 4 is 17.6 Å². The highest BCUT2D eigenvalue weighted by Crippen LogP contribution is 2.27. The molecule has 0 aliphatic rings. The van der Waals surface area contributed by atoms with Crippen LogP contribution in [0.25, 0.3) is 0 Å². The first-order valence-corrected chi connectivity index (χ1v) is 5.42. The lowest BCUT2D eigenvalue weighted by Gasteiger charge is -2.03. The molecular weight excluding hydrogens is 246 g/mol. The Morgan fingerprint density at radius 3 is 2.65 bits per heavy atom. The zero-order valence-corrected chi connectivity index (χ0v) is 9.34. The maximum atomic E-state index is 13.0. The molecule has 1 aromatic carbocycles. The van der Waals surface area contributed by atoms with Crippen molar-refractivity contribution < 1.29 is 8.78 Å². The maximum absolute atomic E-state index is 13.0. The summed E-state index contributed by atoms with van der Waals surface area (Å²) in [5.74, 6) is 3.88. The van der Waals surface area contributed by atoms with Gasteiger partial charge in [-0.2, -0.15) is 0 Å². The second-order valence-corrected chi connectivity index (χ2v) is 4.16. The molecule has 3 N–H and O–H groups in total. The van der Waals surface area contributed by atoms with Gasteiger partial charge in [-0.25, -0.2) is 24.6 Å². The molecule has 2 aromatic rings. The fraction of sp³-hybridized carbons (Fsp3) is 0. The van der Waals surface area contributed by atoms with Crippen LogP contribution < -0.4 is 11.3 Å². The highest BCUT2D eigenvalue weighted by Gasteiger charge is 2.05. The van der Waals surface area contributed by atoms with Crippen LogP contribution in [0.4, 0.5) is 14.6 Å². The van der Waals surface area contributed by atoms with Crippen LogP contribution in [-0.4, -0.2) is 9.97 Å². The summed E-state index contributed by atoms with van der Waals surface area (Å²) in [6.45, 7) is 0. The van der Waals surface area contributed by atoms with Crippen LogP contribution in [0.2, 0.25) is 0 Å². The average molecular weight is 254 g/mol. The zero-order valence-electron chi connectivity index (χ0n) is 8.52. The van der Waals surface area contributed by atoms with E-state index in [-0.39, 0.29) is 0 Å². The number of nitrogens with two attached hydrogens (primary N) is 1. The Hall–Kier alpha value is -1.73. The van der Waals surface area contributed by atoms with Gasteiger partial charge < -0.3 is 5.43 Å². The third-order valence-corrected chi connectivity index (χ3v) is 2.83. The number of nitrogen functional groups attached to an aromatic ring is 1. The Morgan fingerprint density at radius 1 is 1.12 bits per heavy atom. The van der Waals surface area contributed by atoms with Crippen molar-refractivity contribution in [2.24, 2.45) is 5.84 Å². The normalized spacial score (nSPS) is 10.3. The maximum Gasteiger partial charge on any atom is 0.159 e. The Balaban J connectivity index is 2.22. The van der Waals surface area contributed by atoms with E-state index in [1.54, 1.807) is 6.07 Å². The van der Waals surface area contributed by atoms with Crippen molar-refractivity contribution in [2.75, 3.05) is 5.43 Å². The molecular formula is C10H8F2N4S. The quantitative estimate of drug-likeness (QED) is 0.499. The highest BCUT2D eigenvalue weighted by molar-refractivity contribution is 7.99. The summed E-state index contributed by atoms with van der Waals surface area (Å²) < 4.78 is 25.7. The summed E-state index contributed by atoms with van der Waals surface area (Å²) >= 11 is 1.19. The molecule has 0 amide bonds. The summed E-state index contributed by atoms with van der Waals surface area (Å²) in [4.78, 5) is 8.36. The van der Waals surface area contributed by atoms with Gasteiger partial charge in [-0.1, -0.05) is 11.8 Å². The van der Waals surface area contributed by atoms with Crippen molar-refractivity contribution in [1.29, 1.82) is 0 Å². The Kier molecular flexibility index (Phi) is 3.50. The molecule has 1 heterocycles.